The van der Waals surface area contributed by atoms with Crippen LogP contribution in [0.15, 0.2) is 108 Å². The van der Waals surface area contributed by atoms with Crippen molar-refractivity contribution in [1.29, 1.82) is 0 Å². The Morgan fingerprint density at radius 2 is 1.60 bits per heavy atom. The number of fused-ring (bicyclic) bond motifs is 1. The number of hydrogen-bond acceptors (Lipinski definition) is 6. The Kier molecular flexibility index (Phi) is 7.61. The molecule has 9 nitrogen and oxygen atoms in total. The summed E-state index contributed by atoms with van der Waals surface area (Å²) in [4.78, 5) is 43.2. The third kappa shape index (κ3) is 6.03. The first kappa shape index (κ1) is 26.3. The first-order valence-corrected chi connectivity index (χ1v) is 12.6. The van der Waals surface area contributed by atoms with E-state index in [1.807, 2.05) is 43.3 Å². The third-order valence-electron chi connectivity index (χ3n) is 5.84. The molecule has 0 aliphatic heterocycles. The fourth-order valence-corrected chi connectivity index (χ4v) is 4.16. The smallest absolute Gasteiger partial charge is 0.410 e. The first-order valence-electron chi connectivity index (χ1n) is 12.2. The molecule has 1 aromatic heterocycles. The Bertz CT molecular complexity index is 1790. The number of rotatable bonds is 5. The molecule has 0 bridgehead atoms. The number of nitrogens with zero attached hydrogens (tertiary/aromatic N) is 2. The zero-order chi connectivity index (χ0) is 28.1. The standard InChI is InChI=1S/C30H23N5O4S/c1-19-8-7-11-23(18-19)39-30(38)33-29(40)31-22-16-14-21(15-17-22)27(36)34-35-26(20-9-3-2-4-10-20)32-25-13-6-5-12-24(25)28(35)37/h2-18H,1H3,(H,34,36)(H2,31,33,38,40). The maximum Gasteiger partial charge on any atom is 0.418 e. The molecule has 4 aromatic carbocycles. The number of para-hydroxylation sites is 1. The largest absolute Gasteiger partial charge is 0.418 e. The molecule has 5 rings (SSSR count). The fraction of sp³-hybridized carbons (Fsp3) is 0.0333. The Balaban J connectivity index is 1.29. The van der Waals surface area contributed by atoms with E-state index in [1.54, 1.807) is 66.7 Å². The second-order valence-corrected chi connectivity index (χ2v) is 9.17. The molecule has 40 heavy (non-hydrogen) atoms. The zero-order valence-corrected chi connectivity index (χ0v) is 22.1. The van der Waals surface area contributed by atoms with Crippen LogP contribution in [0.4, 0.5) is 10.5 Å². The average Bonchev–Trinajstić information content (AvgIpc) is 2.95. The van der Waals surface area contributed by atoms with Crippen LogP contribution < -0.4 is 26.4 Å². The van der Waals surface area contributed by atoms with Crippen molar-refractivity contribution in [3.8, 4) is 17.1 Å². The summed E-state index contributed by atoms with van der Waals surface area (Å²) in [5.41, 5.74) is 5.26. The summed E-state index contributed by atoms with van der Waals surface area (Å²) in [5, 5.41) is 5.72. The van der Waals surface area contributed by atoms with Crippen molar-refractivity contribution in [2.75, 3.05) is 10.7 Å². The summed E-state index contributed by atoms with van der Waals surface area (Å²) in [6, 6.07) is 29.5. The van der Waals surface area contributed by atoms with E-state index in [1.165, 1.54) is 0 Å². The van der Waals surface area contributed by atoms with E-state index in [4.69, 9.17) is 17.0 Å². The van der Waals surface area contributed by atoms with Crippen molar-refractivity contribution in [3.05, 3.63) is 125 Å². The van der Waals surface area contributed by atoms with E-state index in [2.05, 4.69) is 21.0 Å². The van der Waals surface area contributed by atoms with E-state index in [0.717, 1.165) is 10.2 Å². The van der Waals surface area contributed by atoms with Crippen molar-refractivity contribution in [2.24, 2.45) is 0 Å². The lowest BCUT2D eigenvalue weighted by atomic mass is 10.2. The quantitative estimate of drug-likeness (QED) is 0.257. The molecule has 10 heteroatoms. The molecule has 5 aromatic rings. The van der Waals surface area contributed by atoms with E-state index < -0.39 is 17.6 Å². The minimum atomic E-state index is -0.734. The second-order valence-electron chi connectivity index (χ2n) is 8.76. The Morgan fingerprint density at radius 1 is 0.875 bits per heavy atom. The molecule has 0 saturated heterocycles. The Labute approximate surface area is 234 Å². The van der Waals surface area contributed by atoms with Crippen LogP contribution in [0.5, 0.6) is 5.75 Å². The van der Waals surface area contributed by atoms with E-state index in [9.17, 15) is 14.4 Å². The molecule has 2 amide bonds. The second kappa shape index (κ2) is 11.6. The molecular formula is C30H23N5O4S. The maximum absolute atomic E-state index is 13.3. The lowest BCUT2D eigenvalue weighted by Gasteiger charge is -2.15. The SMILES string of the molecule is Cc1cccc(OC(=O)NC(=S)Nc2ccc(C(=O)Nn3c(-c4ccccc4)nc4ccccc4c3=O)cc2)c1. The van der Waals surface area contributed by atoms with Gasteiger partial charge in [-0.05, 0) is 73.2 Å². The molecular weight excluding hydrogens is 526 g/mol. The molecule has 3 N–H and O–H groups in total. The van der Waals surface area contributed by atoms with Gasteiger partial charge in [0.2, 0.25) is 0 Å². The summed E-state index contributed by atoms with van der Waals surface area (Å²) in [6.45, 7) is 1.89. The Hall–Kier alpha value is -5.35. The number of carbonyl (C=O) groups is 2. The number of hydrogen-bond donors (Lipinski definition) is 3. The van der Waals surface area contributed by atoms with Gasteiger partial charge in [0.05, 0.1) is 10.9 Å². The first-order chi connectivity index (χ1) is 19.4. The highest BCUT2D eigenvalue weighted by Gasteiger charge is 2.16. The predicted octanol–water partition coefficient (Wildman–Crippen LogP) is 5.24. The van der Waals surface area contributed by atoms with Crippen molar-refractivity contribution in [1.82, 2.24) is 15.0 Å². The van der Waals surface area contributed by atoms with E-state index >= 15 is 0 Å². The normalized spacial score (nSPS) is 10.5. The van der Waals surface area contributed by atoms with Gasteiger partial charge in [-0.25, -0.2) is 9.78 Å². The molecule has 0 radical (unpaired) electrons. The summed E-state index contributed by atoms with van der Waals surface area (Å²) in [6.07, 6.45) is -0.734. The van der Waals surface area contributed by atoms with Crippen LogP contribution in [0.2, 0.25) is 0 Å². The monoisotopic (exact) mass is 549 g/mol. The summed E-state index contributed by atoms with van der Waals surface area (Å²) in [5.74, 6) is 0.196. The van der Waals surface area contributed by atoms with Gasteiger partial charge in [0.15, 0.2) is 10.9 Å². The average molecular weight is 550 g/mol. The van der Waals surface area contributed by atoms with Crippen LogP contribution in [0.3, 0.4) is 0 Å². The molecule has 198 valence electrons. The number of thiocarbonyl (C=S) groups is 1. The maximum atomic E-state index is 13.3. The number of carbonyl (C=O) groups excluding carboxylic acids is 2. The topological polar surface area (TPSA) is 114 Å². The van der Waals surface area contributed by atoms with Crippen molar-refractivity contribution in [3.63, 3.8) is 0 Å². The third-order valence-corrected chi connectivity index (χ3v) is 6.05. The summed E-state index contributed by atoms with van der Waals surface area (Å²) >= 11 is 5.19. The molecule has 0 atom stereocenters. The fourth-order valence-electron chi connectivity index (χ4n) is 3.95. The van der Waals surface area contributed by atoms with Gasteiger partial charge in [-0.15, -0.1) is 0 Å². The summed E-state index contributed by atoms with van der Waals surface area (Å²) < 4.78 is 6.38. The van der Waals surface area contributed by atoms with Gasteiger partial charge in [-0.3, -0.25) is 20.3 Å². The summed E-state index contributed by atoms with van der Waals surface area (Å²) in [7, 11) is 0. The van der Waals surface area contributed by atoms with Crippen LogP contribution >= 0.6 is 12.2 Å². The van der Waals surface area contributed by atoms with Gasteiger partial charge in [0.1, 0.15) is 5.75 Å². The van der Waals surface area contributed by atoms with Crippen LogP contribution in [-0.4, -0.2) is 26.8 Å². The highest BCUT2D eigenvalue weighted by molar-refractivity contribution is 7.80. The Morgan fingerprint density at radius 3 is 2.35 bits per heavy atom. The van der Waals surface area contributed by atoms with Crippen molar-refractivity contribution < 1.29 is 14.3 Å². The number of aromatic nitrogens is 2. The minimum Gasteiger partial charge on any atom is -0.410 e. The van der Waals surface area contributed by atoms with Crippen LogP contribution in [-0.2, 0) is 0 Å². The minimum absolute atomic E-state index is 0.0242. The van der Waals surface area contributed by atoms with Gasteiger partial charge in [0.25, 0.3) is 11.5 Å². The van der Waals surface area contributed by atoms with Gasteiger partial charge in [0, 0.05) is 16.8 Å². The number of nitrogens with one attached hydrogen (secondary N) is 3. The lowest BCUT2D eigenvalue weighted by Crippen LogP contribution is -2.36. The molecule has 0 fully saturated rings. The highest BCUT2D eigenvalue weighted by Crippen LogP contribution is 2.18. The molecule has 0 saturated carbocycles. The zero-order valence-electron chi connectivity index (χ0n) is 21.3. The molecule has 0 aliphatic carbocycles. The van der Waals surface area contributed by atoms with E-state index in [0.29, 0.717) is 39.3 Å². The molecule has 0 aliphatic rings. The van der Waals surface area contributed by atoms with Crippen molar-refractivity contribution in [2.45, 2.75) is 6.92 Å². The number of ether oxygens (including phenoxy) is 1. The predicted molar refractivity (Wildman–Crippen MR) is 158 cm³/mol. The van der Waals surface area contributed by atoms with Crippen molar-refractivity contribution >= 4 is 45.9 Å². The van der Waals surface area contributed by atoms with Crippen LogP contribution in [0.25, 0.3) is 22.3 Å². The number of anilines is 1. The molecule has 1 heterocycles. The van der Waals surface area contributed by atoms with Crippen LogP contribution in [0.1, 0.15) is 15.9 Å². The number of aryl methyl sites for hydroxylation is 1. The van der Waals surface area contributed by atoms with E-state index in [-0.39, 0.29) is 5.11 Å². The van der Waals surface area contributed by atoms with Gasteiger partial charge < -0.3 is 10.1 Å². The van der Waals surface area contributed by atoms with Crippen LogP contribution in [0, 0.1) is 6.92 Å². The highest BCUT2D eigenvalue weighted by atomic mass is 32.1. The lowest BCUT2D eigenvalue weighted by molar-refractivity contribution is 0.101. The van der Waals surface area contributed by atoms with Gasteiger partial charge in [-0.2, -0.15) is 4.68 Å². The number of benzene rings is 4. The molecule has 0 spiro atoms. The molecule has 0 unspecified atom stereocenters. The number of amides is 2. The van der Waals surface area contributed by atoms with Gasteiger partial charge in [-0.1, -0.05) is 54.6 Å². The van der Waals surface area contributed by atoms with Gasteiger partial charge >= 0.3 is 6.09 Å².